The number of rotatable bonds is 3. The van der Waals surface area contributed by atoms with E-state index in [0.29, 0.717) is 12.5 Å². The van der Waals surface area contributed by atoms with E-state index in [-0.39, 0.29) is 17.4 Å². The summed E-state index contributed by atoms with van der Waals surface area (Å²) in [6, 6.07) is 0. The summed E-state index contributed by atoms with van der Waals surface area (Å²) in [5.74, 6) is 0.290. The number of carbonyl (C=O) groups excluding carboxylic acids is 1. The molecule has 1 aromatic rings. The second kappa shape index (κ2) is 6.02. The van der Waals surface area contributed by atoms with Gasteiger partial charge in [0.05, 0.1) is 18.1 Å². The summed E-state index contributed by atoms with van der Waals surface area (Å²) in [6.07, 6.45) is 7.83. The zero-order valence-electron chi connectivity index (χ0n) is 13.4. The fourth-order valence-corrected chi connectivity index (χ4v) is 5.24. The molecule has 3 fully saturated rings. The highest BCUT2D eigenvalue weighted by atomic mass is 32.1. The lowest BCUT2D eigenvalue weighted by atomic mass is 9.85. The lowest BCUT2D eigenvalue weighted by Gasteiger charge is -2.38. The highest BCUT2D eigenvalue weighted by Gasteiger charge is 2.44. The van der Waals surface area contributed by atoms with Crippen LogP contribution < -0.4 is 10.6 Å². The maximum absolute atomic E-state index is 11.4. The summed E-state index contributed by atoms with van der Waals surface area (Å²) in [4.78, 5) is 13.7. The van der Waals surface area contributed by atoms with E-state index < -0.39 is 0 Å². The molecular weight excluding hydrogens is 312 g/mol. The van der Waals surface area contributed by atoms with Crippen molar-refractivity contribution in [2.45, 2.75) is 56.5 Å². The molecule has 3 heterocycles. The number of amides is 1. The molecule has 2 saturated heterocycles. The van der Waals surface area contributed by atoms with E-state index in [4.69, 9.17) is 10.5 Å². The van der Waals surface area contributed by atoms with Crippen molar-refractivity contribution < 1.29 is 9.53 Å². The standard InChI is InChI=1S/C16H24N4O2S/c17-13(21)12-9-16(22-10-12)5-7-20(8-6-16)15-19-18-14(23-15)11-3-1-2-4-11/h11-12H,1-10H2,(H2,17,21). The van der Waals surface area contributed by atoms with E-state index in [1.54, 1.807) is 11.3 Å². The normalized spacial score (nSPS) is 27.8. The number of anilines is 1. The monoisotopic (exact) mass is 336 g/mol. The van der Waals surface area contributed by atoms with Gasteiger partial charge in [-0.1, -0.05) is 24.2 Å². The molecule has 0 aromatic carbocycles. The average Bonchev–Trinajstić information content (AvgIpc) is 3.28. The van der Waals surface area contributed by atoms with Crippen LogP contribution >= 0.6 is 11.3 Å². The van der Waals surface area contributed by atoms with Crippen molar-refractivity contribution in [2.75, 3.05) is 24.6 Å². The molecule has 1 aliphatic carbocycles. The molecule has 2 N–H and O–H groups in total. The van der Waals surface area contributed by atoms with Crippen molar-refractivity contribution >= 4 is 22.4 Å². The fourth-order valence-electron chi connectivity index (χ4n) is 4.17. The molecule has 1 unspecified atom stereocenters. The van der Waals surface area contributed by atoms with Gasteiger partial charge in [-0.05, 0) is 32.1 Å². The van der Waals surface area contributed by atoms with E-state index in [1.165, 1.54) is 30.7 Å². The van der Waals surface area contributed by atoms with Crippen molar-refractivity contribution in [3.8, 4) is 0 Å². The quantitative estimate of drug-likeness (QED) is 0.914. The van der Waals surface area contributed by atoms with Crippen LogP contribution in [0.1, 0.15) is 55.9 Å². The molecule has 23 heavy (non-hydrogen) atoms. The smallest absolute Gasteiger partial charge is 0.222 e. The Morgan fingerprint density at radius 2 is 2.00 bits per heavy atom. The molecule has 0 bridgehead atoms. The summed E-state index contributed by atoms with van der Waals surface area (Å²) in [7, 11) is 0. The predicted molar refractivity (Wildman–Crippen MR) is 88.5 cm³/mol. The van der Waals surface area contributed by atoms with Crippen molar-refractivity contribution in [1.29, 1.82) is 0 Å². The third kappa shape index (κ3) is 2.96. The van der Waals surface area contributed by atoms with Gasteiger partial charge in [0.1, 0.15) is 5.01 Å². The van der Waals surface area contributed by atoms with Gasteiger partial charge in [0.2, 0.25) is 11.0 Å². The molecular formula is C16H24N4O2S. The number of nitrogens with zero attached hydrogens (tertiary/aromatic N) is 3. The molecule has 6 nitrogen and oxygen atoms in total. The van der Waals surface area contributed by atoms with Crippen LogP contribution in [0.2, 0.25) is 0 Å². The van der Waals surface area contributed by atoms with Crippen LogP contribution in [0.15, 0.2) is 0 Å². The molecule has 1 atom stereocenters. The number of hydrogen-bond donors (Lipinski definition) is 1. The Balaban J connectivity index is 1.37. The van der Waals surface area contributed by atoms with Crippen molar-refractivity contribution in [3.63, 3.8) is 0 Å². The largest absolute Gasteiger partial charge is 0.374 e. The average molecular weight is 336 g/mol. The first-order valence-electron chi connectivity index (χ1n) is 8.67. The number of piperidine rings is 1. The van der Waals surface area contributed by atoms with Crippen molar-refractivity contribution in [1.82, 2.24) is 10.2 Å². The first-order chi connectivity index (χ1) is 11.2. The van der Waals surface area contributed by atoms with Gasteiger partial charge in [0.15, 0.2) is 0 Å². The van der Waals surface area contributed by atoms with Crippen LogP contribution in [0.5, 0.6) is 0 Å². The van der Waals surface area contributed by atoms with Crippen LogP contribution in [-0.2, 0) is 9.53 Å². The first-order valence-corrected chi connectivity index (χ1v) is 9.48. The molecule has 1 spiro atoms. The molecule has 4 rings (SSSR count). The van der Waals surface area contributed by atoms with Gasteiger partial charge in [0, 0.05) is 19.0 Å². The fraction of sp³-hybridized carbons (Fsp3) is 0.812. The molecule has 2 aliphatic heterocycles. The second-order valence-electron chi connectivity index (χ2n) is 7.19. The maximum Gasteiger partial charge on any atom is 0.222 e. The van der Waals surface area contributed by atoms with Crippen LogP contribution in [-0.4, -0.2) is 41.4 Å². The molecule has 0 radical (unpaired) electrons. The Morgan fingerprint density at radius 3 is 2.65 bits per heavy atom. The van der Waals surface area contributed by atoms with E-state index in [2.05, 4.69) is 15.1 Å². The summed E-state index contributed by atoms with van der Waals surface area (Å²) < 4.78 is 5.97. The summed E-state index contributed by atoms with van der Waals surface area (Å²) >= 11 is 1.76. The Bertz CT molecular complexity index is 576. The van der Waals surface area contributed by atoms with Gasteiger partial charge in [-0.3, -0.25) is 4.79 Å². The topological polar surface area (TPSA) is 81.3 Å². The minimum Gasteiger partial charge on any atom is -0.374 e. The van der Waals surface area contributed by atoms with Gasteiger partial charge in [-0.25, -0.2) is 0 Å². The Labute approximate surface area is 140 Å². The molecule has 3 aliphatic rings. The van der Waals surface area contributed by atoms with Crippen LogP contribution in [0.25, 0.3) is 0 Å². The van der Waals surface area contributed by atoms with Gasteiger partial charge in [0.25, 0.3) is 0 Å². The SMILES string of the molecule is NC(=O)C1COC2(CCN(c3nnc(C4CCCC4)s3)CC2)C1. The Kier molecular flexibility index (Phi) is 4.01. The molecule has 1 aromatic heterocycles. The number of primary amides is 1. The second-order valence-corrected chi connectivity index (χ2v) is 8.18. The molecule has 126 valence electrons. The van der Waals surface area contributed by atoms with E-state index in [0.717, 1.165) is 37.5 Å². The molecule has 7 heteroatoms. The number of ether oxygens (including phenoxy) is 1. The Hall–Kier alpha value is -1.21. The highest BCUT2D eigenvalue weighted by Crippen LogP contribution is 2.41. The van der Waals surface area contributed by atoms with Crippen molar-refractivity contribution in [3.05, 3.63) is 5.01 Å². The molecule has 1 amide bonds. The third-order valence-electron chi connectivity index (χ3n) is 5.69. The highest BCUT2D eigenvalue weighted by molar-refractivity contribution is 7.15. The van der Waals surface area contributed by atoms with E-state index >= 15 is 0 Å². The molecule has 1 saturated carbocycles. The van der Waals surface area contributed by atoms with Crippen LogP contribution in [0.3, 0.4) is 0 Å². The number of nitrogens with two attached hydrogens (primary N) is 1. The zero-order valence-corrected chi connectivity index (χ0v) is 14.2. The number of carbonyl (C=O) groups is 1. The third-order valence-corrected chi connectivity index (χ3v) is 6.84. The number of hydrogen-bond acceptors (Lipinski definition) is 6. The zero-order chi connectivity index (χ0) is 15.9. The van der Waals surface area contributed by atoms with Crippen LogP contribution in [0.4, 0.5) is 5.13 Å². The van der Waals surface area contributed by atoms with Crippen LogP contribution in [0, 0.1) is 5.92 Å². The Morgan fingerprint density at radius 1 is 1.26 bits per heavy atom. The van der Waals surface area contributed by atoms with Gasteiger partial charge >= 0.3 is 0 Å². The minimum atomic E-state index is -0.227. The lowest BCUT2D eigenvalue weighted by Crippen LogP contribution is -2.44. The van der Waals surface area contributed by atoms with Gasteiger partial charge in [-0.2, -0.15) is 0 Å². The maximum atomic E-state index is 11.4. The van der Waals surface area contributed by atoms with Crippen molar-refractivity contribution in [2.24, 2.45) is 11.7 Å². The number of aromatic nitrogens is 2. The van der Waals surface area contributed by atoms with Gasteiger partial charge in [-0.15, -0.1) is 10.2 Å². The van der Waals surface area contributed by atoms with Gasteiger partial charge < -0.3 is 15.4 Å². The summed E-state index contributed by atoms with van der Waals surface area (Å²) in [5, 5.41) is 11.1. The minimum absolute atomic E-state index is 0.114. The predicted octanol–water partition coefficient (Wildman–Crippen LogP) is 2.06. The summed E-state index contributed by atoms with van der Waals surface area (Å²) in [6.45, 7) is 2.33. The van der Waals surface area contributed by atoms with E-state index in [9.17, 15) is 4.79 Å². The summed E-state index contributed by atoms with van der Waals surface area (Å²) in [5.41, 5.74) is 5.28. The lowest BCUT2D eigenvalue weighted by molar-refractivity contribution is -0.121. The first kappa shape index (κ1) is 15.3. The van der Waals surface area contributed by atoms with E-state index in [1.807, 2.05) is 0 Å².